The van der Waals surface area contributed by atoms with Gasteiger partial charge in [0.05, 0.1) is 0 Å². The standard InChI is InChI=1S/C24H41NO9/c1-6-7-8-9-10-11-12-13-14-30-24-21(25-16(2)26)23(33-19(5)29)22(32-18(4)28)20(34-24)15-31-17(3)27/h20-24H,6-15H2,1-5H3,(H,25,26)/t20-,21-,22+,23-,24-/m0/s1. The Bertz CT molecular complexity index is 654. The summed E-state index contributed by atoms with van der Waals surface area (Å²) in [5, 5.41) is 2.69. The van der Waals surface area contributed by atoms with Crippen molar-refractivity contribution in [2.75, 3.05) is 13.2 Å². The van der Waals surface area contributed by atoms with Crippen molar-refractivity contribution < 1.29 is 42.9 Å². The van der Waals surface area contributed by atoms with Gasteiger partial charge >= 0.3 is 17.9 Å². The van der Waals surface area contributed by atoms with E-state index < -0.39 is 54.5 Å². The lowest BCUT2D eigenvalue weighted by Gasteiger charge is -2.44. The van der Waals surface area contributed by atoms with Crippen molar-refractivity contribution >= 4 is 23.8 Å². The molecule has 1 N–H and O–H groups in total. The summed E-state index contributed by atoms with van der Waals surface area (Å²) in [6, 6.07) is -0.923. The molecule has 0 saturated carbocycles. The number of carbonyl (C=O) groups excluding carboxylic acids is 4. The fourth-order valence-corrected chi connectivity index (χ4v) is 3.87. The van der Waals surface area contributed by atoms with Crippen LogP contribution in [0.15, 0.2) is 0 Å². The highest BCUT2D eigenvalue weighted by Gasteiger charge is 2.51. The van der Waals surface area contributed by atoms with E-state index in [9.17, 15) is 19.2 Å². The van der Waals surface area contributed by atoms with Crippen molar-refractivity contribution in [2.24, 2.45) is 0 Å². The second-order valence-corrected chi connectivity index (χ2v) is 8.57. The molecule has 1 amide bonds. The van der Waals surface area contributed by atoms with E-state index >= 15 is 0 Å². The Morgan fingerprint density at radius 2 is 1.32 bits per heavy atom. The summed E-state index contributed by atoms with van der Waals surface area (Å²) in [6.45, 7) is 7.27. The van der Waals surface area contributed by atoms with Crippen LogP contribution in [0.3, 0.4) is 0 Å². The average Bonchev–Trinajstić information content (AvgIpc) is 2.74. The third-order valence-corrected chi connectivity index (χ3v) is 5.35. The number of amides is 1. The lowest BCUT2D eigenvalue weighted by Crippen LogP contribution is -2.66. The summed E-state index contributed by atoms with van der Waals surface area (Å²) in [5.41, 5.74) is 0. The van der Waals surface area contributed by atoms with Gasteiger partial charge in [-0.05, 0) is 6.42 Å². The van der Waals surface area contributed by atoms with Crippen LogP contribution in [0.25, 0.3) is 0 Å². The smallest absolute Gasteiger partial charge is 0.303 e. The Hall–Kier alpha value is -2.20. The molecule has 10 heteroatoms. The van der Waals surface area contributed by atoms with E-state index in [2.05, 4.69) is 12.2 Å². The third kappa shape index (κ3) is 11.8. The molecule has 1 heterocycles. The van der Waals surface area contributed by atoms with Gasteiger partial charge in [0.15, 0.2) is 18.5 Å². The van der Waals surface area contributed by atoms with Crippen LogP contribution in [0.2, 0.25) is 0 Å². The Kier molecular flexibility index (Phi) is 14.4. The van der Waals surface area contributed by atoms with Gasteiger partial charge in [0.25, 0.3) is 0 Å². The van der Waals surface area contributed by atoms with E-state index in [-0.39, 0.29) is 6.61 Å². The molecule has 10 nitrogen and oxygen atoms in total. The van der Waals surface area contributed by atoms with Gasteiger partial charge in [-0.2, -0.15) is 0 Å². The largest absolute Gasteiger partial charge is 0.463 e. The summed E-state index contributed by atoms with van der Waals surface area (Å²) in [6.07, 6.45) is 4.88. The number of carbonyl (C=O) groups is 4. The number of ether oxygens (including phenoxy) is 5. The lowest BCUT2D eigenvalue weighted by atomic mass is 9.96. The molecule has 0 aromatic carbocycles. The predicted molar refractivity (Wildman–Crippen MR) is 123 cm³/mol. The average molecular weight is 488 g/mol. The van der Waals surface area contributed by atoms with Gasteiger partial charge in [0.1, 0.15) is 18.8 Å². The predicted octanol–water partition coefficient (Wildman–Crippen LogP) is 2.80. The Labute approximate surface area is 202 Å². The van der Waals surface area contributed by atoms with E-state index in [0.29, 0.717) is 6.61 Å². The van der Waals surface area contributed by atoms with Crippen molar-refractivity contribution in [3.63, 3.8) is 0 Å². The van der Waals surface area contributed by atoms with Crippen LogP contribution < -0.4 is 5.32 Å². The molecule has 196 valence electrons. The topological polar surface area (TPSA) is 126 Å². The summed E-state index contributed by atoms with van der Waals surface area (Å²) >= 11 is 0. The van der Waals surface area contributed by atoms with E-state index in [1.54, 1.807) is 0 Å². The van der Waals surface area contributed by atoms with Crippen molar-refractivity contribution in [3.8, 4) is 0 Å². The first-order chi connectivity index (χ1) is 16.1. The van der Waals surface area contributed by atoms with Crippen molar-refractivity contribution in [3.05, 3.63) is 0 Å². The maximum absolute atomic E-state index is 11.9. The number of hydrogen-bond acceptors (Lipinski definition) is 9. The first-order valence-electron chi connectivity index (χ1n) is 12.2. The first-order valence-corrected chi connectivity index (χ1v) is 12.2. The molecule has 0 spiro atoms. The van der Waals surface area contributed by atoms with Crippen molar-refractivity contribution in [2.45, 2.75) is 117 Å². The van der Waals surface area contributed by atoms with Crippen molar-refractivity contribution in [1.82, 2.24) is 5.32 Å². The van der Waals surface area contributed by atoms with Crippen LogP contribution in [0.5, 0.6) is 0 Å². The molecule has 1 fully saturated rings. The minimum absolute atomic E-state index is 0.241. The van der Waals surface area contributed by atoms with E-state index in [0.717, 1.165) is 19.3 Å². The van der Waals surface area contributed by atoms with Gasteiger partial charge in [0, 0.05) is 34.3 Å². The molecular weight excluding hydrogens is 446 g/mol. The molecule has 1 aliphatic heterocycles. The molecule has 0 unspecified atom stereocenters. The quantitative estimate of drug-likeness (QED) is 0.211. The molecule has 34 heavy (non-hydrogen) atoms. The summed E-state index contributed by atoms with van der Waals surface area (Å²) in [5.74, 6) is -2.22. The SMILES string of the molecule is CCCCCCCCCCO[C@H]1O[C@@H](COC(C)=O)[C@@H](OC(C)=O)[C@@H](OC(C)=O)[C@@H]1NC(C)=O. The Balaban J connectivity index is 2.89. The summed E-state index contributed by atoms with van der Waals surface area (Å²) in [7, 11) is 0. The maximum atomic E-state index is 11.9. The molecule has 0 radical (unpaired) electrons. The molecular formula is C24H41NO9. The number of unbranched alkanes of at least 4 members (excludes halogenated alkanes) is 7. The maximum Gasteiger partial charge on any atom is 0.303 e. The van der Waals surface area contributed by atoms with Crippen LogP contribution in [-0.4, -0.2) is 67.7 Å². The second-order valence-electron chi connectivity index (χ2n) is 8.57. The Morgan fingerprint density at radius 1 is 0.765 bits per heavy atom. The highest BCUT2D eigenvalue weighted by Crippen LogP contribution is 2.28. The minimum atomic E-state index is -1.11. The molecule has 1 rings (SSSR count). The highest BCUT2D eigenvalue weighted by molar-refractivity contribution is 5.73. The molecule has 0 bridgehead atoms. The molecule has 1 saturated heterocycles. The van der Waals surface area contributed by atoms with Gasteiger partial charge < -0.3 is 29.0 Å². The summed E-state index contributed by atoms with van der Waals surface area (Å²) < 4.78 is 27.8. The van der Waals surface area contributed by atoms with Gasteiger partial charge in [-0.15, -0.1) is 0 Å². The van der Waals surface area contributed by atoms with Crippen LogP contribution >= 0.6 is 0 Å². The van der Waals surface area contributed by atoms with Gasteiger partial charge in [-0.25, -0.2) is 0 Å². The first kappa shape index (κ1) is 29.8. The van der Waals surface area contributed by atoms with Crippen molar-refractivity contribution in [1.29, 1.82) is 0 Å². The fourth-order valence-electron chi connectivity index (χ4n) is 3.87. The van der Waals surface area contributed by atoms with Crippen LogP contribution in [-0.2, 0) is 42.9 Å². The van der Waals surface area contributed by atoms with Crippen LogP contribution in [0.1, 0.15) is 86.0 Å². The second kappa shape index (κ2) is 16.4. The number of rotatable bonds is 15. The Morgan fingerprint density at radius 3 is 1.85 bits per heavy atom. The van der Waals surface area contributed by atoms with Crippen LogP contribution in [0, 0.1) is 0 Å². The number of esters is 3. The lowest BCUT2D eigenvalue weighted by molar-refractivity contribution is -0.277. The molecule has 0 aromatic rings. The van der Waals surface area contributed by atoms with Crippen LogP contribution in [0.4, 0.5) is 0 Å². The van der Waals surface area contributed by atoms with Gasteiger partial charge in [-0.3, -0.25) is 19.2 Å². The zero-order valence-corrected chi connectivity index (χ0v) is 21.1. The number of hydrogen-bond donors (Lipinski definition) is 1. The summed E-state index contributed by atoms with van der Waals surface area (Å²) in [4.78, 5) is 46.8. The minimum Gasteiger partial charge on any atom is -0.463 e. The molecule has 5 atom stereocenters. The van der Waals surface area contributed by atoms with E-state index in [4.69, 9.17) is 23.7 Å². The van der Waals surface area contributed by atoms with E-state index in [1.807, 2.05) is 0 Å². The molecule has 0 aliphatic carbocycles. The third-order valence-electron chi connectivity index (χ3n) is 5.35. The van der Waals surface area contributed by atoms with Gasteiger partial charge in [-0.1, -0.05) is 51.9 Å². The zero-order valence-electron chi connectivity index (χ0n) is 21.1. The normalized spacial score (nSPS) is 24.2. The van der Waals surface area contributed by atoms with E-state index in [1.165, 1.54) is 59.8 Å². The van der Waals surface area contributed by atoms with Gasteiger partial charge in [0.2, 0.25) is 5.91 Å². The molecule has 1 aliphatic rings. The monoisotopic (exact) mass is 487 g/mol. The highest BCUT2D eigenvalue weighted by atomic mass is 16.7. The molecule has 0 aromatic heterocycles. The fraction of sp³-hybridized carbons (Fsp3) is 0.833. The number of nitrogens with one attached hydrogen (secondary N) is 1. The zero-order chi connectivity index (χ0) is 25.5.